The van der Waals surface area contributed by atoms with Gasteiger partial charge in [0.15, 0.2) is 0 Å². The molecule has 5 heteroatoms. The Hall–Kier alpha value is -1.26. The van der Waals surface area contributed by atoms with E-state index in [1.54, 1.807) is 0 Å². The van der Waals surface area contributed by atoms with Gasteiger partial charge in [-0.3, -0.25) is 4.79 Å². The van der Waals surface area contributed by atoms with Crippen molar-refractivity contribution < 1.29 is 19.4 Å². The van der Waals surface area contributed by atoms with E-state index in [1.165, 1.54) is 0 Å². The smallest absolute Gasteiger partial charge is 0.407 e. The normalized spacial score (nSPS) is 22.6. The van der Waals surface area contributed by atoms with Crippen LogP contribution in [0.3, 0.4) is 0 Å². The Morgan fingerprint density at radius 2 is 1.62 bits per heavy atom. The summed E-state index contributed by atoms with van der Waals surface area (Å²) < 4.78 is 5.19. The monoisotopic (exact) mass is 299 g/mol. The maximum Gasteiger partial charge on any atom is 0.407 e. The van der Waals surface area contributed by atoms with E-state index in [2.05, 4.69) is 5.32 Å². The molecule has 2 N–H and O–H groups in total. The number of carboxylic acid groups (broad SMARTS) is 1. The first kappa shape index (κ1) is 17.8. The van der Waals surface area contributed by atoms with Crippen molar-refractivity contribution in [1.82, 2.24) is 5.32 Å². The number of aliphatic carboxylic acids is 1. The molecule has 5 nitrogen and oxygen atoms in total. The van der Waals surface area contributed by atoms with E-state index in [0.717, 1.165) is 38.5 Å². The number of hydrogen-bond acceptors (Lipinski definition) is 3. The third-order valence-electron chi connectivity index (χ3n) is 3.95. The van der Waals surface area contributed by atoms with Gasteiger partial charge in [-0.2, -0.15) is 0 Å². The molecular formula is C16H29NO4. The molecule has 0 spiro atoms. The van der Waals surface area contributed by atoms with Gasteiger partial charge in [-0.1, -0.05) is 25.7 Å². The van der Waals surface area contributed by atoms with E-state index in [4.69, 9.17) is 9.84 Å². The summed E-state index contributed by atoms with van der Waals surface area (Å²) in [4.78, 5) is 22.1. The zero-order chi connectivity index (χ0) is 15.9. The van der Waals surface area contributed by atoms with Crippen LogP contribution >= 0.6 is 0 Å². The van der Waals surface area contributed by atoms with Crippen LogP contribution in [0.5, 0.6) is 0 Å². The van der Waals surface area contributed by atoms with Crippen LogP contribution in [0.2, 0.25) is 0 Å². The Bertz CT molecular complexity index is 341. The minimum absolute atomic E-state index is 0.287. The summed E-state index contributed by atoms with van der Waals surface area (Å²) in [6.07, 6.45) is 6.23. The molecule has 0 aromatic rings. The van der Waals surface area contributed by atoms with Crippen molar-refractivity contribution in [2.75, 3.05) is 6.54 Å². The van der Waals surface area contributed by atoms with E-state index >= 15 is 0 Å². The van der Waals surface area contributed by atoms with Crippen molar-refractivity contribution in [3.8, 4) is 0 Å². The molecular weight excluding hydrogens is 270 g/mol. The number of amides is 1. The first-order chi connectivity index (χ1) is 9.76. The SMILES string of the molecule is CC(C)(C)OC(=O)NCCC1CCC(CCC(=O)O)CC1. The molecule has 0 aromatic carbocycles. The van der Waals surface area contributed by atoms with Crippen molar-refractivity contribution in [3.63, 3.8) is 0 Å². The molecule has 1 saturated carbocycles. The third kappa shape index (κ3) is 8.58. The first-order valence-corrected chi connectivity index (χ1v) is 7.95. The van der Waals surface area contributed by atoms with Gasteiger partial charge in [0, 0.05) is 13.0 Å². The summed E-state index contributed by atoms with van der Waals surface area (Å²) in [6, 6.07) is 0. The fraction of sp³-hybridized carbons (Fsp3) is 0.875. The minimum Gasteiger partial charge on any atom is -0.481 e. The molecule has 1 amide bonds. The Labute approximate surface area is 127 Å². The lowest BCUT2D eigenvalue weighted by Gasteiger charge is -2.28. The summed E-state index contributed by atoms with van der Waals surface area (Å²) in [6.45, 7) is 6.21. The van der Waals surface area contributed by atoms with Crippen LogP contribution in [-0.2, 0) is 9.53 Å². The lowest BCUT2D eigenvalue weighted by atomic mass is 9.79. The van der Waals surface area contributed by atoms with Crippen molar-refractivity contribution >= 4 is 12.1 Å². The highest BCUT2D eigenvalue weighted by atomic mass is 16.6. The molecule has 0 bridgehead atoms. The lowest BCUT2D eigenvalue weighted by Crippen LogP contribution is -2.33. The second-order valence-corrected chi connectivity index (χ2v) is 7.04. The molecule has 0 heterocycles. The summed E-state index contributed by atoms with van der Waals surface area (Å²) in [7, 11) is 0. The number of ether oxygens (including phenoxy) is 1. The van der Waals surface area contributed by atoms with Crippen molar-refractivity contribution in [2.24, 2.45) is 11.8 Å². The van der Waals surface area contributed by atoms with Gasteiger partial charge in [0.2, 0.25) is 0 Å². The van der Waals surface area contributed by atoms with Gasteiger partial charge in [-0.05, 0) is 45.4 Å². The van der Waals surface area contributed by atoms with E-state index in [9.17, 15) is 9.59 Å². The number of nitrogens with one attached hydrogen (secondary N) is 1. The van der Waals surface area contributed by atoms with Crippen LogP contribution < -0.4 is 5.32 Å². The average Bonchev–Trinajstić information content (AvgIpc) is 2.35. The van der Waals surface area contributed by atoms with Gasteiger partial charge in [0.1, 0.15) is 5.60 Å². The summed E-state index contributed by atoms with van der Waals surface area (Å²) >= 11 is 0. The Balaban J connectivity index is 2.10. The topological polar surface area (TPSA) is 75.6 Å². The number of carboxylic acids is 1. The molecule has 0 saturated heterocycles. The predicted octanol–water partition coefficient (Wildman–Crippen LogP) is 3.57. The molecule has 1 fully saturated rings. The average molecular weight is 299 g/mol. The predicted molar refractivity (Wildman–Crippen MR) is 81.2 cm³/mol. The van der Waals surface area contributed by atoms with Crippen LogP contribution in [0.4, 0.5) is 4.79 Å². The molecule has 0 aromatic heterocycles. The second-order valence-electron chi connectivity index (χ2n) is 7.04. The standard InChI is InChI=1S/C16H29NO4/c1-16(2,3)21-15(20)17-11-10-13-6-4-12(5-7-13)8-9-14(18)19/h12-13H,4-11H2,1-3H3,(H,17,20)(H,18,19). The van der Waals surface area contributed by atoms with Gasteiger partial charge in [-0.25, -0.2) is 4.79 Å². The first-order valence-electron chi connectivity index (χ1n) is 7.95. The molecule has 0 aliphatic heterocycles. The van der Waals surface area contributed by atoms with Crippen LogP contribution in [0.15, 0.2) is 0 Å². The van der Waals surface area contributed by atoms with Gasteiger partial charge in [0.05, 0.1) is 0 Å². The number of carbonyl (C=O) groups is 2. The zero-order valence-corrected chi connectivity index (χ0v) is 13.5. The number of rotatable bonds is 6. The Kier molecular flexibility index (Phi) is 6.99. The fourth-order valence-electron chi connectivity index (χ4n) is 2.83. The van der Waals surface area contributed by atoms with Gasteiger partial charge in [0.25, 0.3) is 0 Å². The van der Waals surface area contributed by atoms with Gasteiger partial charge < -0.3 is 15.2 Å². The molecule has 1 aliphatic rings. The molecule has 0 atom stereocenters. The molecule has 21 heavy (non-hydrogen) atoms. The maximum absolute atomic E-state index is 11.5. The quantitative estimate of drug-likeness (QED) is 0.786. The van der Waals surface area contributed by atoms with E-state index < -0.39 is 11.6 Å². The number of alkyl carbamates (subject to hydrolysis) is 1. The molecule has 0 unspecified atom stereocenters. The Morgan fingerprint density at radius 1 is 1.10 bits per heavy atom. The summed E-state index contributed by atoms with van der Waals surface area (Å²) in [5.41, 5.74) is -0.452. The molecule has 1 aliphatic carbocycles. The van der Waals surface area contributed by atoms with E-state index in [0.29, 0.717) is 18.4 Å². The molecule has 122 valence electrons. The lowest BCUT2D eigenvalue weighted by molar-refractivity contribution is -0.137. The van der Waals surface area contributed by atoms with Crippen LogP contribution in [0.25, 0.3) is 0 Å². The third-order valence-corrected chi connectivity index (χ3v) is 3.95. The Morgan fingerprint density at radius 3 is 2.10 bits per heavy atom. The van der Waals surface area contributed by atoms with E-state index in [-0.39, 0.29) is 12.5 Å². The summed E-state index contributed by atoms with van der Waals surface area (Å²) in [5, 5.41) is 11.5. The van der Waals surface area contributed by atoms with Crippen LogP contribution in [0.1, 0.15) is 65.7 Å². The van der Waals surface area contributed by atoms with Gasteiger partial charge >= 0.3 is 12.1 Å². The number of hydrogen-bond donors (Lipinski definition) is 2. The fourth-order valence-corrected chi connectivity index (χ4v) is 2.83. The zero-order valence-electron chi connectivity index (χ0n) is 13.5. The van der Waals surface area contributed by atoms with E-state index in [1.807, 2.05) is 20.8 Å². The van der Waals surface area contributed by atoms with Crippen molar-refractivity contribution in [3.05, 3.63) is 0 Å². The molecule has 1 rings (SSSR count). The highest BCUT2D eigenvalue weighted by Gasteiger charge is 2.22. The minimum atomic E-state index is -0.696. The van der Waals surface area contributed by atoms with Crippen LogP contribution in [-0.4, -0.2) is 29.3 Å². The van der Waals surface area contributed by atoms with Crippen molar-refractivity contribution in [1.29, 1.82) is 0 Å². The number of carbonyl (C=O) groups excluding carboxylic acids is 1. The molecule has 0 radical (unpaired) electrons. The highest BCUT2D eigenvalue weighted by Crippen LogP contribution is 2.32. The largest absolute Gasteiger partial charge is 0.481 e. The maximum atomic E-state index is 11.5. The second kappa shape index (κ2) is 8.25. The van der Waals surface area contributed by atoms with Gasteiger partial charge in [-0.15, -0.1) is 0 Å². The highest BCUT2D eigenvalue weighted by molar-refractivity contribution is 5.67. The van der Waals surface area contributed by atoms with Crippen LogP contribution in [0, 0.1) is 11.8 Å². The summed E-state index contributed by atoms with van der Waals surface area (Å²) in [5.74, 6) is 0.510. The van der Waals surface area contributed by atoms with Crippen molar-refractivity contribution in [2.45, 2.75) is 71.3 Å².